The lowest BCUT2D eigenvalue weighted by Gasteiger charge is -2.24. The Morgan fingerprint density at radius 1 is 1.47 bits per heavy atom. The van der Waals surface area contributed by atoms with E-state index < -0.39 is 23.2 Å². The number of aromatic nitrogens is 2. The fourth-order valence-corrected chi connectivity index (χ4v) is 1.53. The van der Waals surface area contributed by atoms with Gasteiger partial charge >= 0.3 is 5.69 Å². The molecule has 1 heterocycles. The second kappa shape index (κ2) is 5.44. The number of likely N-dealkylation sites (N-methyl/N-ethyl adjacent to an activating group) is 1. The minimum absolute atomic E-state index is 0.291. The quantitative estimate of drug-likeness (QED) is 0.597. The van der Waals surface area contributed by atoms with E-state index in [0.717, 1.165) is 0 Å². The van der Waals surface area contributed by atoms with Crippen molar-refractivity contribution in [3.63, 3.8) is 0 Å². The van der Waals surface area contributed by atoms with Gasteiger partial charge in [-0.2, -0.15) is 0 Å². The molecule has 0 aromatic carbocycles. The van der Waals surface area contributed by atoms with E-state index in [0.29, 0.717) is 18.8 Å². The number of rotatable bonds is 5. The number of nitrogens with two attached hydrogens (primary N) is 1. The second-order valence-corrected chi connectivity index (χ2v) is 3.75. The highest BCUT2D eigenvalue weighted by Crippen LogP contribution is 2.03. The molecule has 0 spiro atoms. The molecule has 4 N–H and O–H groups in total. The molecule has 0 saturated carbocycles. The van der Waals surface area contributed by atoms with Crippen LogP contribution in [0.3, 0.4) is 0 Å². The van der Waals surface area contributed by atoms with Gasteiger partial charge in [0.25, 0.3) is 5.56 Å². The SMILES string of the molecule is CCN(Cc1cc(=O)[nH]c(=O)[nH]1)C(C)C(N)=O. The van der Waals surface area contributed by atoms with Crippen LogP contribution in [0.1, 0.15) is 19.5 Å². The lowest BCUT2D eigenvalue weighted by Crippen LogP contribution is -2.42. The first-order valence-electron chi connectivity index (χ1n) is 5.30. The standard InChI is InChI=1S/C10H16N4O3/c1-3-14(6(2)9(11)16)5-7-4-8(15)13-10(17)12-7/h4,6H,3,5H2,1-2H3,(H2,11,16)(H2,12,13,15,17). The highest BCUT2D eigenvalue weighted by atomic mass is 16.2. The second-order valence-electron chi connectivity index (χ2n) is 3.75. The van der Waals surface area contributed by atoms with E-state index in [9.17, 15) is 14.4 Å². The Labute approximate surface area is 97.6 Å². The smallest absolute Gasteiger partial charge is 0.325 e. The Hall–Kier alpha value is -1.89. The molecule has 7 heteroatoms. The molecule has 0 aliphatic carbocycles. The molecule has 7 nitrogen and oxygen atoms in total. The van der Waals surface area contributed by atoms with Gasteiger partial charge in [0.1, 0.15) is 0 Å². The van der Waals surface area contributed by atoms with Gasteiger partial charge in [0.2, 0.25) is 5.91 Å². The minimum atomic E-state index is -0.560. The fourth-order valence-electron chi connectivity index (χ4n) is 1.53. The van der Waals surface area contributed by atoms with E-state index in [1.54, 1.807) is 11.8 Å². The summed E-state index contributed by atoms with van der Waals surface area (Å²) in [6, 6.07) is 0.834. The van der Waals surface area contributed by atoms with Gasteiger partial charge in [0.05, 0.1) is 6.04 Å². The summed E-state index contributed by atoms with van der Waals surface area (Å²) in [4.78, 5) is 39.6. The molecular weight excluding hydrogens is 224 g/mol. The van der Waals surface area contributed by atoms with Crippen molar-refractivity contribution in [1.29, 1.82) is 0 Å². The van der Waals surface area contributed by atoms with E-state index in [-0.39, 0.29) is 0 Å². The summed E-state index contributed by atoms with van der Waals surface area (Å²) in [5.74, 6) is -0.445. The zero-order valence-corrected chi connectivity index (χ0v) is 9.82. The molecule has 1 atom stereocenters. The number of nitrogens with one attached hydrogen (secondary N) is 2. The van der Waals surface area contributed by atoms with Crippen LogP contribution in [0.15, 0.2) is 15.7 Å². The van der Waals surface area contributed by atoms with Crippen molar-refractivity contribution in [2.45, 2.75) is 26.4 Å². The highest BCUT2D eigenvalue weighted by Gasteiger charge is 2.17. The Bertz CT molecular complexity index is 477. The first-order chi connectivity index (χ1) is 7.93. The number of carbonyl (C=O) groups is 1. The largest absolute Gasteiger partial charge is 0.368 e. The van der Waals surface area contributed by atoms with Crippen molar-refractivity contribution in [2.75, 3.05) is 6.54 Å². The molecule has 1 amide bonds. The van der Waals surface area contributed by atoms with Crippen LogP contribution >= 0.6 is 0 Å². The van der Waals surface area contributed by atoms with Crippen LogP contribution in [0.25, 0.3) is 0 Å². The lowest BCUT2D eigenvalue weighted by atomic mass is 10.2. The highest BCUT2D eigenvalue weighted by molar-refractivity contribution is 5.79. The van der Waals surface area contributed by atoms with E-state index in [1.165, 1.54) is 6.07 Å². The molecule has 94 valence electrons. The predicted octanol–water partition coefficient (Wildman–Crippen LogP) is -1.24. The molecule has 1 rings (SSSR count). The number of primary amides is 1. The third-order valence-corrected chi connectivity index (χ3v) is 2.56. The van der Waals surface area contributed by atoms with Crippen LogP contribution < -0.4 is 17.0 Å². The molecule has 0 aliphatic heterocycles. The number of H-pyrrole nitrogens is 2. The summed E-state index contributed by atoms with van der Waals surface area (Å²) in [7, 11) is 0. The number of carbonyl (C=O) groups excluding carboxylic acids is 1. The monoisotopic (exact) mass is 240 g/mol. The number of hydrogen-bond acceptors (Lipinski definition) is 4. The molecule has 0 saturated heterocycles. The fraction of sp³-hybridized carbons (Fsp3) is 0.500. The summed E-state index contributed by atoms with van der Waals surface area (Å²) in [6.07, 6.45) is 0. The predicted molar refractivity (Wildman–Crippen MR) is 62.4 cm³/mol. The normalized spacial score (nSPS) is 12.6. The van der Waals surface area contributed by atoms with Crippen molar-refractivity contribution in [1.82, 2.24) is 14.9 Å². The van der Waals surface area contributed by atoms with Gasteiger partial charge in [0.15, 0.2) is 0 Å². The summed E-state index contributed by atoms with van der Waals surface area (Å²) in [6.45, 7) is 4.42. The molecule has 0 radical (unpaired) electrons. The van der Waals surface area contributed by atoms with Gasteiger partial charge in [-0.25, -0.2) is 4.79 Å². The van der Waals surface area contributed by atoms with Gasteiger partial charge in [-0.05, 0) is 13.5 Å². The van der Waals surface area contributed by atoms with Gasteiger partial charge in [0, 0.05) is 18.3 Å². The first-order valence-corrected chi connectivity index (χ1v) is 5.30. The Morgan fingerprint density at radius 2 is 2.12 bits per heavy atom. The van der Waals surface area contributed by atoms with Gasteiger partial charge in [-0.3, -0.25) is 19.5 Å². The Balaban J connectivity index is 2.91. The molecule has 0 bridgehead atoms. The maximum atomic E-state index is 11.1. The van der Waals surface area contributed by atoms with Gasteiger partial charge < -0.3 is 10.7 Å². The summed E-state index contributed by atoms with van der Waals surface area (Å²) >= 11 is 0. The first kappa shape index (κ1) is 13.2. The van der Waals surface area contributed by atoms with Crippen LogP contribution in [0, 0.1) is 0 Å². The lowest BCUT2D eigenvalue weighted by molar-refractivity contribution is -0.122. The number of aromatic amines is 2. The molecule has 1 unspecified atom stereocenters. The van der Waals surface area contributed by atoms with Gasteiger partial charge in [-0.1, -0.05) is 6.92 Å². The molecule has 0 aliphatic rings. The zero-order valence-electron chi connectivity index (χ0n) is 9.82. The van der Waals surface area contributed by atoms with Crippen molar-refractivity contribution in [3.8, 4) is 0 Å². The molecule has 0 fully saturated rings. The maximum absolute atomic E-state index is 11.1. The summed E-state index contributed by atoms with van der Waals surface area (Å²) < 4.78 is 0. The van der Waals surface area contributed by atoms with Crippen LogP contribution in [-0.4, -0.2) is 33.4 Å². The van der Waals surface area contributed by atoms with Crippen LogP contribution in [0.2, 0.25) is 0 Å². The average Bonchev–Trinajstić information content (AvgIpc) is 2.23. The minimum Gasteiger partial charge on any atom is -0.368 e. The van der Waals surface area contributed by atoms with E-state index >= 15 is 0 Å². The zero-order chi connectivity index (χ0) is 13.0. The van der Waals surface area contributed by atoms with Crippen molar-refractivity contribution in [2.24, 2.45) is 5.73 Å². The maximum Gasteiger partial charge on any atom is 0.325 e. The van der Waals surface area contributed by atoms with Gasteiger partial charge in [-0.15, -0.1) is 0 Å². The van der Waals surface area contributed by atoms with Crippen LogP contribution in [0.4, 0.5) is 0 Å². The summed E-state index contributed by atoms with van der Waals surface area (Å²) in [5.41, 5.74) is 4.63. The van der Waals surface area contributed by atoms with E-state index in [2.05, 4.69) is 9.97 Å². The number of nitrogens with zero attached hydrogens (tertiary/aromatic N) is 1. The average molecular weight is 240 g/mol. The molecule has 17 heavy (non-hydrogen) atoms. The van der Waals surface area contributed by atoms with Crippen molar-refractivity contribution >= 4 is 5.91 Å². The molecule has 1 aromatic heterocycles. The van der Waals surface area contributed by atoms with Crippen LogP contribution in [0.5, 0.6) is 0 Å². The third-order valence-electron chi connectivity index (χ3n) is 2.56. The summed E-state index contributed by atoms with van der Waals surface area (Å²) in [5, 5.41) is 0. The topological polar surface area (TPSA) is 112 Å². The Kier molecular flexibility index (Phi) is 4.22. The number of amides is 1. The van der Waals surface area contributed by atoms with E-state index in [1.807, 2.05) is 6.92 Å². The molecular formula is C10H16N4O3. The number of hydrogen-bond donors (Lipinski definition) is 3. The van der Waals surface area contributed by atoms with Crippen molar-refractivity contribution in [3.05, 3.63) is 32.6 Å². The Morgan fingerprint density at radius 3 is 2.59 bits per heavy atom. The van der Waals surface area contributed by atoms with Crippen LogP contribution in [-0.2, 0) is 11.3 Å². The van der Waals surface area contributed by atoms with Crippen molar-refractivity contribution < 1.29 is 4.79 Å². The third kappa shape index (κ3) is 3.56. The molecule has 1 aromatic rings. The van der Waals surface area contributed by atoms with E-state index in [4.69, 9.17) is 5.73 Å².